The largest absolute Gasteiger partial charge is 0.405 e. The third-order valence-corrected chi connectivity index (χ3v) is 2.43. The van der Waals surface area contributed by atoms with Crippen molar-refractivity contribution in [3.8, 4) is 6.07 Å². The van der Waals surface area contributed by atoms with E-state index in [1.165, 1.54) is 6.07 Å². The van der Waals surface area contributed by atoms with Gasteiger partial charge in [0.25, 0.3) is 0 Å². The summed E-state index contributed by atoms with van der Waals surface area (Å²) in [6.45, 7) is -0.116. The summed E-state index contributed by atoms with van der Waals surface area (Å²) in [7, 11) is 0. The van der Waals surface area contributed by atoms with Crippen LogP contribution in [0.1, 0.15) is 12.8 Å². The van der Waals surface area contributed by atoms with E-state index in [-0.39, 0.29) is 11.9 Å². The molecule has 1 fully saturated rings. The number of amides is 1. The molecular formula is C9H12F3N3O. The van der Waals surface area contributed by atoms with E-state index in [1.54, 1.807) is 0 Å². The second-order valence-electron chi connectivity index (χ2n) is 3.67. The first-order valence-corrected chi connectivity index (χ1v) is 4.90. The van der Waals surface area contributed by atoms with Gasteiger partial charge in [0.05, 0.1) is 6.07 Å². The van der Waals surface area contributed by atoms with Crippen LogP contribution in [0.15, 0.2) is 0 Å². The van der Waals surface area contributed by atoms with Gasteiger partial charge in [0.2, 0.25) is 5.91 Å². The van der Waals surface area contributed by atoms with Gasteiger partial charge in [-0.3, -0.25) is 4.79 Å². The van der Waals surface area contributed by atoms with Crippen molar-refractivity contribution < 1.29 is 18.0 Å². The van der Waals surface area contributed by atoms with Crippen LogP contribution in [0.25, 0.3) is 0 Å². The van der Waals surface area contributed by atoms with E-state index >= 15 is 0 Å². The van der Waals surface area contributed by atoms with Crippen LogP contribution in [0.5, 0.6) is 0 Å². The fraction of sp³-hybridized carbons (Fsp3) is 0.778. The predicted molar refractivity (Wildman–Crippen MR) is 49.2 cm³/mol. The van der Waals surface area contributed by atoms with Crippen LogP contribution < -0.4 is 10.6 Å². The molecule has 2 N–H and O–H groups in total. The van der Waals surface area contributed by atoms with Gasteiger partial charge in [-0.1, -0.05) is 0 Å². The second kappa shape index (κ2) is 5.16. The van der Waals surface area contributed by atoms with Gasteiger partial charge in [0, 0.05) is 25.6 Å². The molecule has 0 radical (unpaired) electrons. The lowest BCUT2D eigenvalue weighted by molar-refractivity contribution is -0.158. The molecule has 1 aliphatic heterocycles. The van der Waals surface area contributed by atoms with E-state index in [4.69, 9.17) is 5.26 Å². The Hall–Kier alpha value is -1.29. The number of piperidine rings is 1. The Morgan fingerprint density at radius 3 is 2.75 bits per heavy atom. The summed E-state index contributed by atoms with van der Waals surface area (Å²) in [5, 5.41) is 13.5. The van der Waals surface area contributed by atoms with Crippen molar-refractivity contribution in [3.63, 3.8) is 0 Å². The molecule has 0 aromatic rings. The zero-order chi connectivity index (χ0) is 12.2. The Labute approximate surface area is 90.8 Å². The molecule has 16 heavy (non-hydrogen) atoms. The SMILES string of the molecule is N#CC(CNC1CCC(=O)NC1)C(F)(F)F. The van der Waals surface area contributed by atoms with Crippen molar-refractivity contribution in [1.82, 2.24) is 10.6 Å². The zero-order valence-corrected chi connectivity index (χ0v) is 8.47. The maximum Gasteiger partial charge on any atom is 0.405 e. The molecule has 1 heterocycles. The van der Waals surface area contributed by atoms with Gasteiger partial charge in [-0.25, -0.2) is 0 Å². The fourth-order valence-corrected chi connectivity index (χ4v) is 1.43. The van der Waals surface area contributed by atoms with E-state index in [0.29, 0.717) is 19.4 Å². The van der Waals surface area contributed by atoms with Crippen molar-refractivity contribution in [3.05, 3.63) is 0 Å². The van der Waals surface area contributed by atoms with Crippen LogP contribution in [0.3, 0.4) is 0 Å². The van der Waals surface area contributed by atoms with E-state index in [1.807, 2.05) is 0 Å². The minimum Gasteiger partial charge on any atom is -0.355 e. The summed E-state index contributed by atoms with van der Waals surface area (Å²) in [6.07, 6.45) is -3.69. The smallest absolute Gasteiger partial charge is 0.355 e. The van der Waals surface area contributed by atoms with Crippen LogP contribution in [-0.4, -0.2) is 31.2 Å². The predicted octanol–water partition coefficient (Wildman–Crippen LogP) is 0.557. The Balaban J connectivity index is 2.34. The first kappa shape index (κ1) is 12.8. The van der Waals surface area contributed by atoms with Crippen LogP contribution in [0.2, 0.25) is 0 Å². The Kier molecular flexibility index (Phi) is 4.12. The van der Waals surface area contributed by atoms with Crippen LogP contribution in [-0.2, 0) is 4.79 Å². The van der Waals surface area contributed by atoms with Gasteiger partial charge >= 0.3 is 6.18 Å². The summed E-state index contributed by atoms with van der Waals surface area (Å²) in [5.74, 6) is -2.09. The van der Waals surface area contributed by atoms with Crippen molar-refractivity contribution in [2.75, 3.05) is 13.1 Å². The highest BCUT2D eigenvalue weighted by Gasteiger charge is 2.39. The van der Waals surface area contributed by atoms with E-state index in [9.17, 15) is 18.0 Å². The molecule has 7 heteroatoms. The lowest BCUT2D eigenvalue weighted by atomic mass is 10.1. The van der Waals surface area contributed by atoms with Crippen molar-refractivity contribution in [1.29, 1.82) is 5.26 Å². The van der Waals surface area contributed by atoms with Crippen molar-refractivity contribution in [2.24, 2.45) is 5.92 Å². The quantitative estimate of drug-likeness (QED) is 0.751. The summed E-state index contributed by atoms with van der Waals surface area (Å²) >= 11 is 0. The number of nitrogens with one attached hydrogen (secondary N) is 2. The number of carbonyl (C=O) groups is 1. The average Bonchev–Trinajstić information content (AvgIpc) is 2.19. The number of hydrogen-bond donors (Lipinski definition) is 2. The van der Waals surface area contributed by atoms with Gasteiger partial charge in [-0.2, -0.15) is 18.4 Å². The molecular weight excluding hydrogens is 223 g/mol. The lowest BCUT2D eigenvalue weighted by Gasteiger charge is -2.25. The topological polar surface area (TPSA) is 64.9 Å². The number of nitriles is 1. The van der Waals surface area contributed by atoms with Gasteiger partial charge in [0.15, 0.2) is 5.92 Å². The first-order valence-electron chi connectivity index (χ1n) is 4.90. The van der Waals surface area contributed by atoms with Crippen molar-refractivity contribution in [2.45, 2.75) is 25.1 Å². The summed E-state index contributed by atoms with van der Waals surface area (Å²) in [4.78, 5) is 10.8. The summed E-state index contributed by atoms with van der Waals surface area (Å²) < 4.78 is 36.6. The molecule has 1 rings (SSSR count). The van der Waals surface area contributed by atoms with Crippen LogP contribution >= 0.6 is 0 Å². The Morgan fingerprint density at radius 2 is 2.31 bits per heavy atom. The van der Waals surface area contributed by atoms with Crippen molar-refractivity contribution >= 4 is 5.91 Å². The molecule has 0 aromatic carbocycles. The number of halogens is 3. The normalized spacial score (nSPS) is 23.4. The summed E-state index contributed by atoms with van der Waals surface area (Å²) in [5.41, 5.74) is 0. The second-order valence-corrected chi connectivity index (χ2v) is 3.67. The van der Waals surface area contributed by atoms with Crippen LogP contribution in [0, 0.1) is 17.2 Å². The number of alkyl halides is 3. The van der Waals surface area contributed by atoms with Gasteiger partial charge < -0.3 is 10.6 Å². The Bertz CT molecular complexity index is 287. The lowest BCUT2D eigenvalue weighted by Crippen LogP contribution is -2.48. The molecule has 90 valence electrons. The molecule has 4 nitrogen and oxygen atoms in total. The standard InChI is InChI=1S/C9H12F3N3O/c10-9(11,12)6(3-13)4-14-7-1-2-8(16)15-5-7/h6-7,14H,1-2,4-5H2,(H,15,16). The molecule has 1 amide bonds. The highest BCUT2D eigenvalue weighted by Crippen LogP contribution is 2.25. The number of nitrogens with zero attached hydrogens (tertiary/aromatic N) is 1. The molecule has 0 bridgehead atoms. The van der Waals surface area contributed by atoms with Gasteiger partial charge in [-0.05, 0) is 6.42 Å². The number of carbonyl (C=O) groups excluding carboxylic acids is 1. The molecule has 0 saturated carbocycles. The summed E-state index contributed by atoms with van der Waals surface area (Å²) in [6, 6.07) is 1.03. The van der Waals surface area contributed by atoms with Gasteiger partial charge in [-0.15, -0.1) is 0 Å². The third kappa shape index (κ3) is 3.70. The number of hydrogen-bond acceptors (Lipinski definition) is 3. The van der Waals surface area contributed by atoms with E-state index in [2.05, 4.69) is 10.6 Å². The molecule has 2 atom stereocenters. The molecule has 0 aliphatic carbocycles. The first-order chi connectivity index (χ1) is 7.43. The van der Waals surface area contributed by atoms with E-state index < -0.39 is 18.6 Å². The molecule has 2 unspecified atom stereocenters. The molecule has 1 saturated heterocycles. The van der Waals surface area contributed by atoms with E-state index in [0.717, 1.165) is 0 Å². The molecule has 0 spiro atoms. The minimum absolute atomic E-state index is 0.0919. The Morgan fingerprint density at radius 1 is 1.62 bits per heavy atom. The maximum absolute atomic E-state index is 12.2. The minimum atomic E-state index is -4.50. The highest BCUT2D eigenvalue weighted by atomic mass is 19.4. The van der Waals surface area contributed by atoms with Gasteiger partial charge in [0.1, 0.15) is 0 Å². The highest BCUT2D eigenvalue weighted by molar-refractivity contribution is 5.76. The number of rotatable bonds is 3. The van der Waals surface area contributed by atoms with Crippen LogP contribution in [0.4, 0.5) is 13.2 Å². The zero-order valence-electron chi connectivity index (χ0n) is 8.47. The fourth-order valence-electron chi connectivity index (χ4n) is 1.43. The third-order valence-electron chi connectivity index (χ3n) is 2.43. The maximum atomic E-state index is 12.2. The molecule has 1 aliphatic rings. The molecule has 0 aromatic heterocycles. The average molecular weight is 235 g/mol. The monoisotopic (exact) mass is 235 g/mol.